The van der Waals surface area contributed by atoms with Crippen LogP contribution in [-0.4, -0.2) is 85.4 Å². The average Bonchev–Trinajstić information content (AvgIpc) is 3.45. The fourth-order valence-corrected chi connectivity index (χ4v) is 9.72. The molecule has 5 amide bonds. The summed E-state index contributed by atoms with van der Waals surface area (Å²) in [7, 11) is -3.68. The third-order valence-corrected chi connectivity index (χ3v) is 12.3. The number of piperidine rings is 1. The predicted octanol–water partition coefficient (Wildman–Crippen LogP) is 2.86. The molecule has 13 nitrogen and oxygen atoms in total. The quantitative estimate of drug-likeness (QED) is 0.121. The molecule has 51 heavy (non-hydrogen) atoms. The minimum atomic E-state index is -3.68. The molecule has 5 atom stereocenters. The first-order chi connectivity index (χ1) is 23.9. The van der Waals surface area contributed by atoms with E-state index in [9.17, 15) is 32.4 Å². The van der Waals surface area contributed by atoms with Crippen LogP contribution in [0.3, 0.4) is 0 Å². The first-order valence-corrected chi connectivity index (χ1v) is 19.5. The number of Topliss-reactive ketones (excluding diaryl/α,β-unsaturated/α-hetero) is 1. The molecule has 2 saturated carbocycles. The average molecular weight is 728 g/mol. The van der Waals surface area contributed by atoms with Gasteiger partial charge in [-0.3, -0.25) is 19.2 Å². The smallest absolute Gasteiger partial charge is 0.315 e. The molecule has 0 radical (unpaired) electrons. The number of nitrogens with one attached hydrogen (secondary N) is 4. The zero-order valence-electron chi connectivity index (χ0n) is 30.4. The molecule has 0 aromatic carbocycles. The van der Waals surface area contributed by atoms with E-state index in [2.05, 4.69) is 33.8 Å². The van der Waals surface area contributed by atoms with Gasteiger partial charge >= 0.3 is 6.03 Å². The Balaban J connectivity index is 1.54. The van der Waals surface area contributed by atoms with Crippen molar-refractivity contribution in [3.63, 3.8) is 0 Å². The number of likely N-dealkylation sites (tertiary alicyclic amines) is 1. The first kappa shape index (κ1) is 39.7. The molecule has 4 N–H and O–H groups in total. The second kappa shape index (κ2) is 15.6. The maximum atomic E-state index is 14.4. The molecule has 1 aliphatic heterocycles. The van der Waals surface area contributed by atoms with Gasteiger partial charge in [0.1, 0.15) is 23.6 Å². The van der Waals surface area contributed by atoms with Gasteiger partial charge in [0.15, 0.2) is 9.84 Å². The Morgan fingerprint density at radius 3 is 2.41 bits per heavy atom. The molecule has 1 saturated heterocycles. The number of carbonyl (C=O) groups is 5. The van der Waals surface area contributed by atoms with Gasteiger partial charge in [0.25, 0.3) is 5.91 Å². The van der Waals surface area contributed by atoms with Crippen LogP contribution in [0.2, 0.25) is 0 Å². The van der Waals surface area contributed by atoms with Crippen molar-refractivity contribution in [2.75, 3.05) is 18.8 Å². The second-order valence-corrected chi connectivity index (χ2v) is 18.0. The van der Waals surface area contributed by atoms with E-state index in [0.29, 0.717) is 18.6 Å². The van der Waals surface area contributed by atoms with Gasteiger partial charge in [-0.05, 0) is 54.1 Å². The molecule has 3 aliphatic rings. The molecule has 280 valence electrons. The normalized spacial score (nSPS) is 23.1. The van der Waals surface area contributed by atoms with Crippen molar-refractivity contribution >= 4 is 39.4 Å². The molecule has 2 heterocycles. The van der Waals surface area contributed by atoms with Crippen LogP contribution in [-0.2, 0) is 34.8 Å². The number of urea groups is 1. The number of sulfone groups is 1. The number of fused-ring (bicyclic) bond motifs is 1. The number of amides is 5. The van der Waals surface area contributed by atoms with E-state index in [-0.39, 0.29) is 54.7 Å². The summed E-state index contributed by atoms with van der Waals surface area (Å²) in [4.78, 5) is 69.3. The van der Waals surface area contributed by atoms with Gasteiger partial charge in [-0.1, -0.05) is 60.0 Å². The fraction of sp³-hybridized carbons (Fsp3) is 0.649. The summed E-state index contributed by atoms with van der Waals surface area (Å²) in [6, 6.07) is -0.697. The molecule has 4 rings (SSSR count). The van der Waals surface area contributed by atoms with Gasteiger partial charge in [-0.2, -0.15) is 0 Å². The van der Waals surface area contributed by atoms with E-state index < -0.39 is 68.5 Å². The number of furan rings is 1. The standard InChI is InChI=1S/C37H53N5O8S/c1-8-10-16-26(29(43)32(45)38-19-9-2)39-31(44)28-27-25(36(27,6)7)21-42(28)33(46)30(35(3,4)5)40-34(47)41-37(17-12-11-13-18-37)23-51(48,49)22-24-15-14-20-50-24/h1,9,14-15,20,25-28,30H,2,10-13,16-19,21-23H2,3-7H3,(H,38,45)(H,39,44)(H2,40,41,47)/t25?,26?,27?,28-,30+/m0/s1. The molecular weight excluding hydrogens is 675 g/mol. The summed E-state index contributed by atoms with van der Waals surface area (Å²) in [5.74, 6) is -0.796. The monoisotopic (exact) mass is 727 g/mol. The predicted molar refractivity (Wildman–Crippen MR) is 191 cm³/mol. The highest BCUT2D eigenvalue weighted by atomic mass is 32.2. The van der Waals surface area contributed by atoms with Crippen LogP contribution >= 0.6 is 0 Å². The molecule has 3 fully saturated rings. The minimum absolute atomic E-state index is 0.00673. The van der Waals surface area contributed by atoms with Gasteiger partial charge in [0, 0.05) is 19.5 Å². The highest BCUT2D eigenvalue weighted by Crippen LogP contribution is 2.65. The van der Waals surface area contributed by atoms with Gasteiger partial charge < -0.3 is 30.6 Å². The molecule has 0 bridgehead atoms. The molecule has 3 unspecified atom stereocenters. The molecule has 0 spiro atoms. The third kappa shape index (κ3) is 9.41. The molecular formula is C37H53N5O8S. The number of terminal acetylenes is 1. The van der Waals surface area contributed by atoms with Crippen molar-refractivity contribution < 1.29 is 36.8 Å². The van der Waals surface area contributed by atoms with Gasteiger partial charge in [-0.15, -0.1) is 18.9 Å². The lowest BCUT2D eigenvalue weighted by Gasteiger charge is -2.40. The Morgan fingerprint density at radius 2 is 1.82 bits per heavy atom. The minimum Gasteiger partial charge on any atom is -0.468 e. The second-order valence-electron chi connectivity index (χ2n) is 15.9. The Morgan fingerprint density at radius 1 is 1.14 bits per heavy atom. The summed E-state index contributed by atoms with van der Waals surface area (Å²) in [6.07, 6.45) is 11.8. The van der Waals surface area contributed by atoms with Crippen LogP contribution < -0.4 is 21.3 Å². The molecule has 1 aromatic rings. The Bertz CT molecular complexity index is 1630. The lowest BCUT2D eigenvalue weighted by Crippen LogP contribution is -2.64. The summed E-state index contributed by atoms with van der Waals surface area (Å²) in [5, 5.41) is 11.0. The maximum Gasteiger partial charge on any atom is 0.315 e. The van der Waals surface area contributed by atoms with E-state index >= 15 is 0 Å². The van der Waals surface area contributed by atoms with Crippen molar-refractivity contribution in [3.8, 4) is 12.3 Å². The summed E-state index contributed by atoms with van der Waals surface area (Å²) < 4.78 is 31.8. The van der Waals surface area contributed by atoms with Crippen LogP contribution in [0.15, 0.2) is 35.5 Å². The van der Waals surface area contributed by atoms with Crippen LogP contribution in [0.5, 0.6) is 0 Å². The molecule has 1 aromatic heterocycles. The first-order valence-electron chi connectivity index (χ1n) is 17.6. The van der Waals surface area contributed by atoms with Gasteiger partial charge in [-0.25, -0.2) is 13.2 Å². The van der Waals surface area contributed by atoms with Crippen molar-refractivity contribution in [2.24, 2.45) is 22.7 Å². The summed E-state index contributed by atoms with van der Waals surface area (Å²) >= 11 is 0. The van der Waals surface area contributed by atoms with Crippen LogP contribution in [0.25, 0.3) is 0 Å². The topological polar surface area (TPSA) is 184 Å². The van der Waals surface area contributed by atoms with E-state index in [0.717, 1.165) is 19.3 Å². The van der Waals surface area contributed by atoms with E-state index in [1.165, 1.54) is 17.2 Å². The molecule has 14 heteroatoms. The number of hydrogen-bond acceptors (Lipinski definition) is 8. The number of ketones is 1. The Kier molecular flexibility index (Phi) is 12.2. The summed E-state index contributed by atoms with van der Waals surface area (Å²) in [5.41, 5.74) is -2.09. The highest BCUT2D eigenvalue weighted by molar-refractivity contribution is 7.90. The largest absolute Gasteiger partial charge is 0.468 e. The SMILES string of the molecule is C#CCCC(NC(=O)[C@@H]1C2C(CN1C(=O)[C@@H](NC(=O)NC1(CS(=O)(=O)Cc3ccco3)CCCCC1)C(C)(C)C)C2(C)C)C(=O)C(=O)NCC=C. The van der Waals surface area contributed by atoms with Crippen molar-refractivity contribution in [1.82, 2.24) is 26.2 Å². The number of rotatable bonds is 15. The number of hydrogen-bond donors (Lipinski definition) is 4. The van der Waals surface area contributed by atoms with Crippen LogP contribution in [0, 0.1) is 35.0 Å². The van der Waals surface area contributed by atoms with E-state index in [1.807, 2.05) is 13.8 Å². The zero-order chi connectivity index (χ0) is 37.8. The highest BCUT2D eigenvalue weighted by Gasteiger charge is 2.70. The maximum absolute atomic E-state index is 14.4. The van der Waals surface area contributed by atoms with Crippen molar-refractivity contribution in [2.45, 2.75) is 109 Å². The van der Waals surface area contributed by atoms with E-state index in [4.69, 9.17) is 10.8 Å². The molecule has 2 aliphatic carbocycles. The van der Waals surface area contributed by atoms with Crippen LogP contribution in [0.4, 0.5) is 4.79 Å². The van der Waals surface area contributed by atoms with Crippen LogP contribution in [0.1, 0.15) is 85.3 Å². The lowest BCUT2D eigenvalue weighted by atomic mass is 9.83. The Hall–Kier alpha value is -4.12. The zero-order valence-corrected chi connectivity index (χ0v) is 31.2. The lowest BCUT2D eigenvalue weighted by molar-refractivity contribution is -0.145. The fourth-order valence-electron chi connectivity index (χ4n) is 7.82. The van der Waals surface area contributed by atoms with E-state index in [1.54, 1.807) is 32.9 Å². The van der Waals surface area contributed by atoms with Gasteiger partial charge in [0.05, 0.1) is 23.6 Å². The van der Waals surface area contributed by atoms with Gasteiger partial charge in [0.2, 0.25) is 17.6 Å². The summed E-state index contributed by atoms with van der Waals surface area (Å²) in [6.45, 7) is 13.3. The number of nitrogens with zero attached hydrogens (tertiary/aromatic N) is 1. The Labute approximate surface area is 301 Å². The number of carbonyl (C=O) groups excluding carboxylic acids is 5. The third-order valence-electron chi connectivity index (χ3n) is 10.6. The van der Waals surface area contributed by atoms with Crippen molar-refractivity contribution in [1.29, 1.82) is 0 Å². The van der Waals surface area contributed by atoms with Crippen molar-refractivity contribution in [3.05, 3.63) is 36.8 Å².